The van der Waals surface area contributed by atoms with E-state index in [1.165, 1.54) is 0 Å². The molecule has 0 unspecified atom stereocenters. The number of nitrogens with one attached hydrogen (secondary N) is 1. The van der Waals surface area contributed by atoms with Gasteiger partial charge in [-0.3, -0.25) is 4.79 Å². The van der Waals surface area contributed by atoms with Gasteiger partial charge in [0.05, 0.1) is 13.7 Å². The van der Waals surface area contributed by atoms with Crippen LogP contribution in [0.2, 0.25) is 0 Å². The van der Waals surface area contributed by atoms with E-state index in [0.29, 0.717) is 5.92 Å². The fourth-order valence-electron chi connectivity index (χ4n) is 1.66. The Bertz CT molecular complexity index is 414. The fourth-order valence-corrected chi connectivity index (χ4v) is 1.66. The first kappa shape index (κ1) is 13.5. The normalized spacial score (nSPS) is 10.5. The highest BCUT2D eigenvalue weighted by atomic mass is 16.5. The van der Waals surface area contributed by atoms with Gasteiger partial charge in [0.2, 0.25) is 5.91 Å². The minimum absolute atomic E-state index is 0.0114. The van der Waals surface area contributed by atoms with Crippen LogP contribution >= 0.6 is 0 Å². The van der Waals surface area contributed by atoms with E-state index in [1.54, 1.807) is 7.11 Å². The first-order valence-electron chi connectivity index (χ1n) is 5.68. The van der Waals surface area contributed by atoms with Crippen LogP contribution in [0.5, 0.6) is 5.75 Å². The van der Waals surface area contributed by atoms with Gasteiger partial charge in [-0.25, -0.2) is 0 Å². The van der Waals surface area contributed by atoms with Crippen molar-refractivity contribution in [1.82, 2.24) is 0 Å². The van der Waals surface area contributed by atoms with Crippen molar-refractivity contribution in [2.24, 2.45) is 5.73 Å². The summed E-state index contributed by atoms with van der Waals surface area (Å²) in [6, 6.07) is 3.88. The summed E-state index contributed by atoms with van der Waals surface area (Å²) < 4.78 is 5.34. The van der Waals surface area contributed by atoms with Crippen LogP contribution in [0.1, 0.15) is 30.9 Å². The smallest absolute Gasteiger partial charge is 0.238 e. The molecule has 1 rings (SSSR count). The highest BCUT2D eigenvalue weighted by molar-refractivity contribution is 5.93. The highest BCUT2D eigenvalue weighted by Gasteiger charge is 2.12. The van der Waals surface area contributed by atoms with E-state index in [0.717, 1.165) is 22.6 Å². The maximum absolute atomic E-state index is 11.3. The van der Waals surface area contributed by atoms with Crippen LogP contribution in [-0.2, 0) is 4.79 Å². The molecule has 0 aliphatic rings. The molecular formula is C13H20N2O2. The lowest BCUT2D eigenvalue weighted by Crippen LogP contribution is -2.22. The molecule has 0 saturated carbocycles. The van der Waals surface area contributed by atoms with E-state index < -0.39 is 0 Å². The van der Waals surface area contributed by atoms with Crippen LogP contribution in [0.4, 0.5) is 5.69 Å². The average molecular weight is 236 g/mol. The third-order valence-corrected chi connectivity index (χ3v) is 2.66. The third kappa shape index (κ3) is 3.20. The lowest BCUT2D eigenvalue weighted by atomic mass is 9.99. The molecule has 0 aliphatic carbocycles. The van der Waals surface area contributed by atoms with Crippen molar-refractivity contribution >= 4 is 11.6 Å². The molecule has 1 amide bonds. The summed E-state index contributed by atoms with van der Waals surface area (Å²) in [7, 11) is 1.65. The summed E-state index contributed by atoms with van der Waals surface area (Å²) >= 11 is 0. The van der Waals surface area contributed by atoms with Crippen LogP contribution in [-0.4, -0.2) is 19.6 Å². The SMILES string of the molecule is COc1cc(C)c(NC(=O)CN)cc1C(C)C. The van der Waals surface area contributed by atoms with Crippen molar-refractivity contribution in [2.45, 2.75) is 26.7 Å². The number of rotatable bonds is 4. The van der Waals surface area contributed by atoms with Crippen molar-refractivity contribution in [1.29, 1.82) is 0 Å². The number of aryl methyl sites for hydroxylation is 1. The molecular weight excluding hydrogens is 216 g/mol. The summed E-state index contributed by atoms with van der Waals surface area (Å²) in [6.45, 7) is 6.09. The van der Waals surface area contributed by atoms with Gasteiger partial charge in [-0.05, 0) is 36.1 Å². The second-order valence-electron chi connectivity index (χ2n) is 4.32. The summed E-state index contributed by atoms with van der Waals surface area (Å²) in [4.78, 5) is 11.3. The summed E-state index contributed by atoms with van der Waals surface area (Å²) in [5, 5.41) is 2.79. The molecule has 0 heterocycles. The van der Waals surface area contributed by atoms with Gasteiger partial charge in [-0.15, -0.1) is 0 Å². The van der Waals surface area contributed by atoms with Gasteiger partial charge in [0.1, 0.15) is 5.75 Å². The van der Waals surface area contributed by atoms with Crippen LogP contribution in [0.15, 0.2) is 12.1 Å². The van der Waals surface area contributed by atoms with Gasteiger partial charge in [0, 0.05) is 5.69 Å². The molecule has 0 spiro atoms. The first-order valence-corrected chi connectivity index (χ1v) is 5.68. The lowest BCUT2D eigenvalue weighted by Gasteiger charge is -2.16. The van der Waals surface area contributed by atoms with Crippen LogP contribution < -0.4 is 15.8 Å². The topological polar surface area (TPSA) is 64.3 Å². The van der Waals surface area contributed by atoms with E-state index >= 15 is 0 Å². The van der Waals surface area contributed by atoms with Crippen molar-refractivity contribution in [3.05, 3.63) is 23.3 Å². The zero-order valence-electron chi connectivity index (χ0n) is 10.8. The molecule has 4 heteroatoms. The van der Waals surface area contributed by atoms with E-state index in [2.05, 4.69) is 19.2 Å². The van der Waals surface area contributed by atoms with Gasteiger partial charge >= 0.3 is 0 Å². The molecule has 0 aromatic heterocycles. The maximum atomic E-state index is 11.3. The molecule has 0 fully saturated rings. The first-order chi connectivity index (χ1) is 7.99. The Morgan fingerprint density at radius 3 is 2.59 bits per heavy atom. The predicted octanol–water partition coefficient (Wildman–Crippen LogP) is 2.02. The second kappa shape index (κ2) is 5.68. The Kier molecular flexibility index (Phi) is 4.52. The zero-order chi connectivity index (χ0) is 13.0. The highest BCUT2D eigenvalue weighted by Crippen LogP contribution is 2.31. The molecule has 0 saturated heterocycles. The fraction of sp³-hybridized carbons (Fsp3) is 0.462. The minimum Gasteiger partial charge on any atom is -0.496 e. The Balaban J connectivity index is 3.15. The molecule has 1 aromatic rings. The monoisotopic (exact) mass is 236 g/mol. The summed E-state index contributed by atoms with van der Waals surface area (Å²) in [5.41, 5.74) is 8.12. The number of hydrogen-bond acceptors (Lipinski definition) is 3. The molecule has 0 radical (unpaired) electrons. The van der Waals surface area contributed by atoms with Crippen molar-refractivity contribution in [3.8, 4) is 5.75 Å². The number of anilines is 1. The molecule has 4 nitrogen and oxygen atoms in total. The zero-order valence-corrected chi connectivity index (χ0v) is 10.8. The molecule has 94 valence electrons. The van der Waals surface area contributed by atoms with Crippen LogP contribution in [0.25, 0.3) is 0 Å². The van der Waals surface area contributed by atoms with E-state index in [1.807, 2.05) is 19.1 Å². The predicted molar refractivity (Wildman–Crippen MR) is 69.5 cm³/mol. The van der Waals surface area contributed by atoms with Gasteiger partial charge in [-0.2, -0.15) is 0 Å². The Morgan fingerprint density at radius 1 is 1.47 bits per heavy atom. The number of ether oxygens (including phenoxy) is 1. The molecule has 1 aromatic carbocycles. The number of nitrogens with two attached hydrogens (primary N) is 1. The third-order valence-electron chi connectivity index (χ3n) is 2.66. The maximum Gasteiger partial charge on any atom is 0.238 e. The molecule has 0 bridgehead atoms. The molecule has 3 N–H and O–H groups in total. The Labute approximate surface area is 102 Å². The summed E-state index contributed by atoms with van der Waals surface area (Å²) in [6.07, 6.45) is 0. The quantitative estimate of drug-likeness (QED) is 0.840. The van der Waals surface area contributed by atoms with Gasteiger partial charge < -0.3 is 15.8 Å². The molecule has 17 heavy (non-hydrogen) atoms. The molecule has 0 aliphatic heterocycles. The van der Waals surface area contributed by atoms with Crippen LogP contribution in [0, 0.1) is 6.92 Å². The number of carbonyl (C=O) groups is 1. The van der Waals surface area contributed by atoms with E-state index in [9.17, 15) is 4.79 Å². The summed E-state index contributed by atoms with van der Waals surface area (Å²) in [5.74, 6) is 0.996. The Morgan fingerprint density at radius 2 is 2.12 bits per heavy atom. The number of methoxy groups -OCH3 is 1. The van der Waals surface area contributed by atoms with Crippen molar-refractivity contribution < 1.29 is 9.53 Å². The van der Waals surface area contributed by atoms with E-state index in [-0.39, 0.29) is 12.5 Å². The average Bonchev–Trinajstić information content (AvgIpc) is 2.30. The molecule has 0 atom stereocenters. The van der Waals surface area contributed by atoms with Gasteiger partial charge in [0.25, 0.3) is 0 Å². The largest absolute Gasteiger partial charge is 0.496 e. The number of hydrogen-bond donors (Lipinski definition) is 2. The van der Waals surface area contributed by atoms with E-state index in [4.69, 9.17) is 10.5 Å². The minimum atomic E-state index is -0.187. The number of carbonyl (C=O) groups excluding carboxylic acids is 1. The Hall–Kier alpha value is -1.55. The van der Waals surface area contributed by atoms with Crippen LogP contribution in [0.3, 0.4) is 0 Å². The number of amides is 1. The van der Waals surface area contributed by atoms with Crippen molar-refractivity contribution in [3.63, 3.8) is 0 Å². The second-order valence-corrected chi connectivity index (χ2v) is 4.32. The van der Waals surface area contributed by atoms with Gasteiger partial charge in [0.15, 0.2) is 0 Å². The standard InChI is InChI=1S/C13H20N2O2/c1-8(2)10-6-11(15-13(16)7-14)9(3)5-12(10)17-4/h5-6,8H,7,14H2,1-4H3,(H,15,16). The lowest BCUT2D eigenvalue weighted by molar-refractivity contribution is -0.114. The number of benzene rings is 1. The van der Waals surface area contributed by atoms with Crippen molar-refractivity contribution in [2.75, 3.05) is 19.0 Å². The van der Waals surface area contributed by atoms with Gasteiger partial charge in [-0.1, -0.05) is 13.8 Å².